The van der Waals surface area contributed by atoms with Gasteiger partial charge in [0, 0.05) is 7.11 Å². The Morgan fingerprint density at radius 3 is 1.98 bits per heavy atom. The van der Waals surface area contributed by atoms with Gasteiger partial charge in [0.2, 0.25) is 0 Å². The number of allylic oxidation sites excluding steroid dienone is 1. The third kappa shape index (κ3) is 13.2. The lowest BCUT2D eigenvalue weighted by Gasteiger charge is -2.38. The van der Waals surface area contributed by atoms with Crippen molar-refractivity contribution in [1.82, 2.24) is 0 Å². The maximum absolute atomic E-state index is 6.84. The van der Waals surface area contributed by atoms with E-state index < -0.39 is 8.32 Å². The summed E-state index contributed by atoms with van der Waals surface area (Å²) in [7, 11) is -0.245. The van der Waals surface area contributed by atoms with Gasteiger partial charge in [-0.25, -0.2) is 0 Å². The maximum Gasteiger partial charge on any atom is 0.487 e. The number of rotatable bonds is 22. The molecule has 258 valence electrons. The molecule has 0 radical (unpaired) electrons. The minimum absolute atomic E-state index is 0.0198. The highest BCUT2D eigenvalue weighted by molar-refractivity contribution is 6.73. The maximum atomic E-state index is 6.84. The summed E-state index contributed by atoms with van der Waals surface area (Å²) in [6, 6.07) is 12.8. The molecule has 1 aliphatic rings. The fourth-order valence-electron chi connectivity index (χ4n) is 6.37. The Labute approximate surface area is 279 Å². The van der Waals surface area contributed by atoms with Crippen LogP contribution in [0.5, 0.6) is 0 Å². The lowest BCUT2D eigenvalue weighted by atomic mass is 9.82. The summed E-state index contributed by atoms with van der Waals surface area (Å²) >= 11 is 0. The molecule has 0 bridgehead atoms. The molecule has 0 aromatic heterocycles. The highest BCUT2D eigenvalue weighted by Gasteiger charge is 2.50. The largest absolute Gasteiger partial charge is 0.487 e. The Bertz CT molecular complexity index is 1010. The predicted octanol–water partition coefficient (Wildman–Crippen LogP) is 11.0. The molecule has 0 aliphatic carbocycles. The monoisotopic (exact) mass is 645 g/mol. The van der Waals surface area contributed by atoms with Crippen molar-refractivity contribution in [3.05, 3.63) is 41.4 Å². The zero-order valence-electron chi connectivity index (χ0n) is 31.4. The second kappa shape index (κ2) is 18.0. The van der Waals surface area contributed by atoms with Crippen molar-refractivity contribution < 1.29 is 23.2 Å². The van der Waals surface area contributed by atoms with Crippen LogP contribution in [-0.4, -0.2) is 51.7 Å². The molecule has 45 heavy (non-hydrogen) atoms. The standard InChI is InChI=1S/C38H69BO5Si/c1-13-45(14-2,15-3)44-36(6,7)28-21-16-18-23-32-24-22-26-33(29-32)34(30-39-42-37(8,9)38(10,11)43-39)25-19-17-20-27-35(4,5)41-31-40-12/h22,24,26,29-30H,13-21,23,25,27-28,31H2,1-12H3/b34-30+. The second-order valence-corrected chi connectivity index (χ2v) is 20.2. The Kier molecular flexibility index (Phi) is 16.1. The van der Waals surface area contributed by atoms with E-state index in [1.807, 2.05) is 0 Å². The Morgan fingerprint density at radius 2 is 1.40 bits per heavy atom. The van der Waals surface area contributed by atoms with Crippen LogP contribution in [0.25, 0.3) is 5.57 Å². The lowest BCUT2D eigenvalue weighted by Crippen LogP contribution is -2.44. The molecule has 5 nitrogen and oxygen atoms in total. The van der Waals surface area contributed by atoms with Crippen LogP contribution in [0.3, 0.4) is 0 Å². The van der Waals surface area contributed by atoms with Gasteiger partial charge in [-0.3, -0.25) is 0 Å². The first kappa shape index (κ1) is 40.2. The zero-order valence-corrected chi connectivity index (χ0v) is 32.4. The fraction of sp³-hybridized carbons (Fsp3) is 0.789. The first-order valence-corrected chi connectivity index (χ1v) is 20.5. The molecule has 0 N–H and O–H groups in total. The summed E-state index contributed by atoms with van der Waals surface area (Å²) < 4.78 is 30.6. The number of ether oxygens (including phenoxy) is 2. The summed E-state index contributed by atoms with van der Waals surface area (Å²) in [6.07, 6.45) is 11.3. The van der Waals surface area contributed by atoms with E-state index in [4.69, 9.17) is 23.2 Å². The van der Waals surface area contributed by atoms with Crippen molar-refractivity contribution in [3.8, 4) is 0 Å². The van der Waals surface area contributed by atoms with Crippen LogP contribution in [0.2, 0.25) is 18.1 Å². The molecule has 0 unspecified atom stereocenters. The van der Waals surface area contributed by atoms with Crippen molar-refractivity contribution in [2.24, 2.45) is 0 Å². The van der Waals surface area contributed by atoms with E-state index in [0.717, 1.165) is 44.9 Å². The summed E-state index contributed by atoms with van der Waals surface area (Å²) in [5.74, 6) is 2.23. The van der Waals surface area contributed by atoms with Gasteiger partial charge in [0.05, 0.1) is 22.4 Å². The van der Waals surface area contributed by atoms with Crippen molar-refractivity contribution >= 4 is 21.0 Å². The number of hydrogen-bond acceptors (Lipinski definition) is 5. The van der Waals surface area contributed by atoms with E-state index in [1.54, 1.807) is 7.11 Å². The molecule has 1 aliphatic heterocycles. The third-order valence-corrected chi connectivity index (χ3v) is 15.2. The zero-order chi connectivity index (χ0) is 33.8. The Balaban J connectivity index is 2.02. The molecule has 1 aromatic rings. The fourth-order valence-corrected chi connectivity index (χ4v) is 9.57. The first-order valence-electron chi connectivity index (χ1n) is 18.0. The molecular weight excluding hydrogens is 575 g/mol. The van der Waals surface area contributed by atoms with Gasteiger partial charge in [0.1, 0.15) is 6.79 Å². The van der Waals surface area contributed by atoms with Gasteiger partial charge >= 0.3 is 7.12 Å². The lowest BCUT2D eigenvalue weighted by molar-refractivity contribution is -0.117. The number of aryl methyl sites for hydroxylation is 1. The van der Waals surface area contributed by atoms with Crippen LogP contribution in [0.1, 0.15) is 145 Å². The minimum atomic E-state index is -1.58. The molecule has 1 heterocycles. The Morgan fingerprint density at radius 1 is 0.822 bits per heavy atom. The second-order valence-electron chi connectivity index (χ2n) is 15.6. The summed E-state index contributed by atoms with van der Waals surface area (Å²) in [5, 5.41) is 0. The number of unbranched alkanes of at least 4 members (excludes halogenated alkanes) is 4. The average molecular weight is 645 g/mol. The van der Waals surface area contributed by atoms with Gasteiger partial charge in [0.25, 0.3) is 0 Å². The van der Waals surface area contributed by atoms with Crippen LogP contribution >= 0.6 is 0 Å². The molecule has 0 saturated carbocycles. The topological polar surface area (TPSA) is 46.2 Å². The van der Waals surface area contributed by atoms with Crippen LogP contribution in [0, 0.1) is 0 Å². The highest BCUT2D eigenvalue weighted by Crippen LogP contribution is 2.38. The molecule has 0 atom stereocenters. The molecule has 1 saturated heterocycles. The minimum Gasteiger partial charge on any atom is -0.412 e. The van der Waals surface area contributed by atoms with Gasteiger partial charge in [-0.1, -0.05) is 76.7 Å². The summed E-state index contributed by atoms with van der Waals surface area (Å²) in [6.45, 7) is 24.7. The van der Waals surface area contributed by atoms with Crippen LogP contribution in [-0.2, 0) is 29.6 Å². The van der Waals surface area contributed by atoms with Gasteiger partial charge < -0.3 is 23.2 Å². The van der Waals surface area contributed by atoms with Crippen molar-refractivity contribution in [2.45, 2.75) is 181 Å². The highest BCUT2D eigenvalue weighted by atomic mass is 28.4. The van der Waals surface area contributed by atoms with E-state index >= 15 is 0 Å². The predicted molar refractivity (Wildman–Crippen MR) is 195 cm³/mol. The molecule has 1 aromatic carbocycles. The number of benzene rings is 1. The quantitative estimate of drug-likeness (QED) is 0.0714. The molecule has 2 rings (SSSR count). The molecule has 0 spiro atoms. The van der Waals surface area contributed by atoms with E-state index in [2.05, 4.69) is 106 Å². The van der Waals surface area contributed by atoms with Gasteiger partial charge in [-0.2, -0.15) is 0 Å². The molecule has 0 amide bonds. The van der Waals surface area contributed by atoms with E-state index in [-0.39, 0.29) is 29.5 Å². The summed E-state index contributed by atoms with van der Waals surface area (Å²) in [5.41, 5.74) is 3.15. The van der Waals surface area contributed by atoms with Gasteiger partial charge in [-0.05, 0) is 129 Å². The van der Waals surface area contributed by atoms with Crippen molar-refractivity contribution in [1.29, 1.82) is 0 Å². The smallest absolute Gasteiger partial charge is 0.412 e. The van der Waals surface area contributed by atoms with Crippen LogP contribution in [0.4, 0.5) is 0 Å². The molecule has 1 fully saturated rings. The normalized spacial score (nSPS) is 17.3. The number of hydrogen-bond donors (Lipinski definition) is 0. The SMILES string of the molecule is CC[Si](CC)(CC)OC(C)(C)CCCCCc1cccc(/C(=C/B2OC(C)(C)C(C)(C)O2)CCCCCC(C)(C)OCOC)c1. The Hall–Kier alpha value is -0.958. The van der Waals surface area contributed by atoms with Crippen LogP contribution in [0.15, 0.2) is 30.2 Å². The van der Waals surface area contributed by atoms with Gasteiger partial charge in [-0.15, -0.1) is 0 Å². The first-order chi connectivity index (χ1) is 21.0. The third-order valence-electron chi connectivity index (χ3n) is 10.4. The molecular formula is C38H69BO5Si. The molecule has 7 heteroatoms. The van der Waals surface area contributed by atoms with Crippen LogP contribution < -0.4 is 0 Å². The van der Waals surface area contributed by atoms with Crippen molar-refractivity contribution in [2.75, 3.05) is 13.9 Å². The number of methoxy groups -OCH3 is 1. The van der Waals surface area contributed by atoms with Crippen molar-refractivity contribution in [3.63, 3.8) is 0 Å². The summed E-state index contributed by atoms with van der Waals surface area (Å²) in [4.78, 5) is 0. The van der Waals surface area contributed by atoms with Gasteiger partial charge in [0.15, 0.2) is 8.32 Å². The average Bonchev–Trinajstić information content (AvgIpc) is 3.19. The van der Waals surface area contributed by atoms with E-state index in [9.17, 15) is 0 Å². The van der Waals surface area contributed by atoms with E-state index in [1.165, 1.54) is 54.1 Å². The van der Waals surface area contributed by atoms with E-state index in [0.29, 0.717) is 6.79 Å².